The van der Waals surface area contributed by atoms with Crippen LogP contribution in [-0.2, 0) is 15.5 Å². The highest BCUT2D eigenvalue weighted by atomic mass is 19.3. The van der Waals surface area contributed by atoms with Crippen LogP contribution in [0.1, 0.15) is 53.1 Å². The van der Waals surface area contributed by atoms with Crippen LogP contribution in [0.2, 0.25) is 0 Å². The van der Waals surface area contributed by atoms with Crippen LogP contribution in [0.3, 0.4) is 0 Å². The van der Waals surface area contributed by atoms with Crippen molar-refractivity contribution in [3.05, 3.63) is 29.8 Å². The van der Waals surface area contributed by atoms with Crippen LogP contribution in [0.25, 0.3) is 0 Å². The Hall–Kier alpha value is -2.88. The third-order valence-electron chi connectivity index (χ3n) is 3.71. The van der Waals surface area contributed by atoms with Gasteiger partial charge >= 0.3 is 5.92 Å². The number of aryl methyl sites for hydroxylation is 1. The number of halogens is 2. The molecule has 0 saturated heterocycles. The number of ether oxygens (including phenoxy) is 2. The molecule has 2 aromatic rings. The molecule has 2 heterocycles. The second-order valence-corrected chi connectivity index (χ2v) is 8.33. The van der Waals surface area contributed by atoms with Gasteiger partial charge in [-0.05, 0) is 34.6 Å². The molecule has 2 N–H and O–H groups in total. The minimum atomic E-state index is -3.19. The molecule has 0 spiro atoms. The number of pyridine rings is 1. The monoisotopic (exact) mass is 437 g/mol. The number of anilines is 3. The third-order valence-corrected chi connectivity index (χ3v) is 3.71. The summed E-state index contributed by atoms with van der Waals surface area (Å²) in [5.74, 6) is -3.31. The Labute approximate surface area is 180 Å². The second-order valence-electron chi connectivity index (χ2n) is 8.33. The Morgan fingerprint density at radius 3 is 2.42 bits per heavy atom. The van der Waals surface area contributed by atoms with Crippen molar-refractivity contribution in [2.24, 2.45) is 0 Å². The molecule has 1 amide bonds. The molecule has 8 nitrogen and oxygen atoms in total. The summed E-state index contributed by atoms with van der Waals surface area (Å²) >= 11 is 0. The van der Waals surface area contributed by atoms with Crippen LogP contribution in [0.5, 0.6) is 5.75 Å². The molecule has 0 aliphatic carbocycles. The van der Waals surface area contributed by atoms with Crippen molar-refractivity contribution in [2.45, 2.75) is 66.1 Å². The average molecular weight is 437 g/mol. The van der Waals surface area contributed by atoms with Crippen molar-refractivity contribution < 1.29 is 23.0 Å². The maximum atomic E-state index is 13.7. The van der Waals surface area contributed by atoms with Crippen molar-refractivity contribution in [3.63, 3.8) is 0 Å². The van der Waals surface area contributed by atoms with E-state index in [9.17, 15) is 13.6 Å². The molecular formula is C21H29F2N5O3. The Morgan fingerprint density at radius 2 is 1.84 bits per heavy atom. The van der Waals surface area contributed by atoms with Crippen molar-refractivity contribution in [1.82, 2.24) is 15.0 Å². The molecule has 0 aliphatic rings. The summed E-state index contributed by atoms with van der Waals surface area (Å²) in [4.78, 5) is 23.3. The highest BCUT2D eigenvalue weighted by Crippen LogP contribution is 2.31. The smallest absolute Gasteiger partial charge is 0.303 e. The van der Waals surface area contributed by atoms with Crippen LogP contribution in [0, 0.1) is 6.92 Å². The van der Waals surface area contributed by atoms with E-state index < -0.39 is 11.7 Å². The number of carbonyl (C=O) groups excluding carboxylic acids is 1. The number of rotatable bonds is 8. The Morgan fingerprint density at radius 1 is 1.16 bits per heavy atom. The number of alkyl halides is 2. The summed E-state index contributed by atoms with van der Waals surface area (Å²) in [6.45, 7) is 11.6. The van der Waals surface area contributed by atoms with E-state index in [2.05, 4.69) is 25.6 Å². The number of carbonyl (C=O) groups is 1. The summed E-state index contributed by atoms with van der Waals surface area (Å²) < 4.78 is 39.2. The van der Waals surface area contributed by atoms with E-state index in [1.807, 2.05) is 27.7 Å². The lowest BCUT2D eigenvalue weighted by Gasteiger charge is -2.25. The highest BCUT2D eigenvalue weighted by molar-refractivity contribution is 5.88. The molecule has 2 rings (SSSR count). The fourth-order valence-electron chi connectivity index (χ4n) is 2.72. The number of amides is 1. The fourth-order valence-corrected chi connectivity index (χ4v) is 2.72. The van der Waals surface area contributed by atoms with Gasteiger partial charge in [0, 0.05) is 31.7 Å². The summed E-state index contributed by atoms with van der Waals surface area (Å²) in [6.07, 6.45) is 1.22. The normalized spacial score (nSPS) is 12.9. The molecule has 31 heavy (non-hydrogen) atoms. The first-order chi connectivity index (χ1) is 14.2. The summed E-state index contributed by atoms with van der Waals surface area (Å²) in [6, 6.07) is 3.07. The van der Waals surface area contributed by atoms with Crippen LogP contribution in [0.4, 0.5) is 26.1 Å². The van der Waals surface area contributed by atoms with Crippen LogP contribution >= 0.6 is 0 Å². The lowest BCUT2D eigenvalue weighted by Crippen LogP contribution is -2.29. The van der Waals surface area contributed by atoms with Gasteiger partial charge < -0.3 is 20.1 Å². The number of nitrogens with zero attached hydrogens (tertiary/aromatic N) is 3. The van der Waals surface area contributed by atoms with E-state index in [4.69, 9.17) is 9.47 Å². The first kappa shape index (κ1) is 24.4. The minimum absolute atomic E-state index is 0.160. The maximum absolute atomic E-state index is 13.7. The number of aromatic nitrogens is 3. The molecule has 0 radical (unpaired) electrons. The van der Waals surface area contributed by atoms with Gasteiger partial charge in [0.15, 0.2) is 5.75 Å². The molecule has 0 bridgehead atoms. The van der Waals surface area contributed by atoms with Crippen molar-refractivity contribution in [1.29, 1.82) is 0 Å². The van der Waals surface area contributed by atoms with Crippen LogP contribution in [-0.4, -0.2) is 39.2 Å². The van der Waals surface area contributed by atoms with E-state index in [0.29, 0.717) is 17.1 Å². The summed E-state index contributed by atoms with van der Waals surface area (Å²) in [5, 5.41) is 5.55. The molecule has 0 aromatic carbocycles. The first-order valence-corrected chi connectivity index (χ1v) is 9.82. The molecule has 0 saturated carbocycles. The second kappa shape index (κ2) is 9.51. The zero-order valence-electron chi connectivity index (χ0n) is 18.8. The molecule has 0 unspecified atom stereocenters. The van der Waals surface area contributed by atoms with Gasteiger partial charge in [-0.2, -0.15) is 8.78 Å². The van der Waals surface area contributed by atoms with Gasteiger partial charge in [0.1, 0.15) is 18.2 Å². The van der Waals surface area contributed by atoms with Gasteiger partial charge in [0.2, 0.25) is 11.7 Å². The predicted octanol–water partition coefficient (Wildman–Crippen LogP) is 4.58. The van der Waals surface area contributed by atoms with Crippen LogP contribution in [0.15, 0.2) is 18.3 Å². The van der Waals surface area contributed by atoms with E-state index in [0.717, 1.165) is 6.92 Å². The first-order valence-electron chi connectivity index (χ1n) is 9.82. The largest absolute Gasteiger partial charge is 0.487 e. The van der Waals surface area contributed by atoms with Gasteiger partial charge in [-0.25, -0.2) is 15.0 Å². The summed E-state index contributed by atoms with van der Waals surface area (Å²) in [7, 11) is 0. The van der Waals surface area contributed by atoms with E-state index in [-0.39, 0.29) is 35.9 Å². The van der Waals surface area contributed by atoms with Gasteiger partial charge in [0.05, 0.1) is 23.6 Å². The zero-order valence-corrected chi connectivity index (χ0v) is 18.8. The Kier molecular flexibility index (Phi) is 7.48. The van der Waals surface area contributed by atoms with E-state index in [1.54, 1.807) is 6.92 Å². The summed E-state index contributed by atoms with van der Waals surface area (Å²) in [5.41, 5.74) is 0.433. The average Bonchev–Trinajstić information content (AvgIpc) is 2.57. The van der Waals surface area contributed by atoms with Crippen LogP contribution < -0.4 is 15.4 Å². The van der Waals surface area contributed by atoms with Gasteiger partial charge in [-0.1, -0.05) is 0 Å². The lowest BCUT2D eigenvalue weighted by molar-refractivity contribution is -0.114. The molecule has 10 heteroatoms. The Bertz CT molecular complexity index is 926. The molecule has 1 atom stereocenters. The van der Waals surface area contributed by atoms with Crippen molar-refractivity contribution in [3.8, 4) is 5.75 Å². The van der Waals surface area contributed by atoms with Gasteiger partial charge in [-0.3, -0.25) is 4.79 Å². The SMILES string of the molecule is CC(=O)Nc1cc(Nc2cc(C)nc(C(C)(F)F)n2)c(OC[C@H](C)OC(C)(C)C)cn1. The van der Waals surface area contributed by atoms with Gasteiger partial charge in [-0.15, -0.1) is 0 Å². The number of hydrogen-bond donors (Lipinski definition) is 2. The number of nitrogens with one attached hydrogen (secondary N) is 2. The molecule has 2 aromatic heterocycles. The molecular weight excluding hydrogens is 408 g/mol. The third kappa shape index (κ3) is 8.05. The topological polar surface area (TPSA) is 98.3 Å². The zero-order chi connectivity index (χ0) is 23.4. The quantitative estimate of drug-likeness (QED) is 0.624. The van der Waals surface area contributed by atoms with Crippen molar-refractivity contribution in [2.75, 3.05) is 17.2 Å². The van der Waals surface area contributed by atoms with Crippen molar-refractivity contribution >= 4 is 23.2 Å². The fraction of sp³-hybridized carbons (Fsp3) is 0.524. The van der Waals surface area contributed by atoms with E-state index >= 15 is 0 Å². The molecule has 170 valence electrons. The number of hydrogen-bond acceptors (Lipinski definition) is 7. The standard InChI is InChI=1S/C21H29F2N5O3/c1-12-8-18(28-19(25-12)21(7,22)23)27-15-9-17(26-14(3)29)24-10-16(15)30-11-13(2)31-20(4,5)6/h8-10,13H,11H2,1-7H3,(H2,24,25,26,27,28,29)/t13-/m0/s1. The Balaban J connectivity index is 2.32. The molecule has 0 fully saturated rings. The predicted molar refractivity (Wildman–Crippen MR) is 114 cm³/mol. The highest BCUT2D eigenvalue weighted by Gasteiger charge is 2.29. The van der Waals surface area contributed by atoms with Gasteiger partial charge in [0.25, 0.3) is 0 Å². The lowest BCUT2D eigenvalue weighted by atomic mass is 10.2. The van der Waals surface area contributed by atoms with E-state index in [1.165, 1.54) is 25.3 Å². The minimum Gasteiger partial charge on any atom is -0.487 e. The molecule has 0 aliphatic heterocycles. The maximum Gasteiger partial charge on any atom is 0.303 e.